The maximum Gasteiger partial charge on any atom is 0.338 e. The molecule has 0 aromatic heterocycles. The molecule has 2 N–H and O–H groups in total. The molecule has 0 atom stereocenters. The van der Waals surface area contributed by atoms with Crippen LogP contribution in [0.25, 0.3) is 0 Å². The van der Waals surface area contributed by atoms with E-state index in [4.69, 9.17) is 4.74 Å². The second-order valence-electron chi connectivity index (χ2n) is 7.20. The van der Waals surface area contributed by atoms with Gasteiger partial charge in [-0.05, 0) is 56.3 Å². The second kappa shape index (κ2) is 11.2. The van der Waals surface area contributed by atoms with Crippen LogP contribution in [0.4, 0.5) is 16.2 Å². The fourth-order valence-electron chi connectivity index (χ4n) is 3.45. The van der Waals surface area contributed by atoms with Crippen LogP contribution in [0.15, 0.2) is 54.6 Å². The summed E-state index contributed by atoms with van der Waals surface area (Å²) in [6.45, 7) is 7.82. The van der Waals surface area contributed by atoms with E-state index < -0.39 is 0 Å². The zero-order valence-electron chi connectivity index (χ0n) is 17.5. The van der Waals surface area contributed by atoms with E-state index in [0.29, 0.717) is 24.4 Å². The molecule has 1 heterocycles. The van der Waals surface area contributed by atoms with Crippen molar-refractivity contribution in [1.82, 2.24) is 10.2 Å². The highest BCUT2D eigenvalue weighted by molar-refractivity contribution is 5.92. The number of esters is 1. The monoisotopic (exact) mass is 410 g/mol. The summed E-state index contributed by atoms with van der Waals surface area (Å²) in [5.41, 5.74) is 2.39. The fraction of sp³-hybridized carbons (Fsp3) is 0.391. The smallest absolute Gasteiger partial charge is 0.338 e. The number of amides is 2. The average Bonchev–Trinajstić information content (AvgIpc) is 2.78. The van der Waals surface area contributed by atoms with Crippen LogP contribution in [0, 0.1) is 0 Å². The van der Waals surface area contributed by atoms with Crippen molar-refractivity contribution in [2.45, 2.75) is 13.3 Å². The molecule has 0 bridgehead atoms. The number of nitrogens with one attached hydrogen (secondary N) is 2. The quantitative estimate of drug-likeness (QED) is 0.516. The first-order valence-corrected chi connectivity index (χ1v) is 10.5. The molecular formula is C23H30N4O3. The standard InChI is InChI=1S/C23H30N4O3/c1-2-30-22(28)19-9-11-20(12-10-19)25-23(29)24-13-6-14-26-15-17-27(18-16-26)21-7-4-3-5-8-21/h3-5,7-12H,2,6,13-18H2,1H3,(H2,24,25,29). The molecule has 7 heteroatoms. The summed E-state index contributed by atoms with van der Waals surface area (Å²) in [4.78, 5) is 28.5. The molecule has 0 aliphatic carbocycles. The number of rotatable bonds is 8. The van der Waals surface area contributed by atoms with Crippen molar-refractivity contribution < 1.29 is 14.3 Å². The summed E-state index contributed by atoms with van der Waals surface area (Å²) in [5.74, 6) is -0.363. The van der Waals surface area contributed by atoms with E-state index in [2.05, 4.69) is 44.7 Å². The number of carbonyl (C=O) groups excluding carboxylic acids is 2. The van der Waals surface area contributed by atoms with Crippen molar-refractivity contribution in [1.29, 1.82) is 0 Å². The zero-order valence-corrected chi connectivity index (χ0v) is 17.5. The lowest BCUT2D eigenvalue weighted by molar-refractivity contribution is 0.0526. The lowest BCUT2D eigenvalue weighted by atomic mass is 10.2. The first-order valence-electron chi connectivity index (χ1n) is 10.5. The molecule has 2 aromatic carbocycles. The Morgan fingerprint density at radius 2 is 1.67 bits per heavy atom. The molecule has 0 saturated carbocycles. The minimum absolute atomic E-state index is 0.243. The van der Waals surface area contributed by atoms with Crippen molar-refractivity contribution in [3.8, 4) is 0 Å². The van der Waals surface area contributed by atoms with Crippen LogP contribution in [-0.2, 0) is 4.74 Å². The zero-order chi connectivity index (χ0) is 21.2. The lowest BCUT2D eigenvalue weighted by Crippen LogP contribution is -2.47. The summed E-state index contributed by atoms with van der Waals surface area (Å²) in [7, 11) is 0. The Morgan fingerprint density at radius 3 is 2.33 bits per heavy atom. The molecular weight excluding hydrogens is 380 g/mol. The molecule has 0 unspecified atom stereocenters. The first-order chi connectivity index (χ1) is 14.7. The third kappa shape index (κ3) is 6.49. The van der Waals surface area contributed by atoms with Crippen LogP contribution in [0.3, 0.4) is 0 Å². The molecule has 1 aliphatic heterocycles. The van der Waals surface area contributed by atoms with Gasteiger partial charge in [-0.15, -0.1) is 0 Å². The van der Waals surface area contributed by atoms with E-state index in [-0.39, 0.29) is 12.0 Å². The average molecular weight is 411 g/mol. The second-order valence-corrected chi connectivity index (χ2v) is 7.20. The van der Waals surface area contributed by atoms with E-state index >= 15 is 0 Å². The maximum atomic E-state index is 12.1. The van der Waals surface area contributed by atoms with E-state index in [9.17, 15) is 9.59 Å². The summed E-state index contributed by atoms with van der Waals surface area (Å²) in [6.07, 6.45) is 0.903. The number of para-hydroxylation sites is 1. The van der Waals surface area contributed by atoms with Gasteiger partial charge in [-0.2, -0.15) is 0 Å². The number of urea groups is 1. The van der Waals surface area contributed by atoms with E-state index in [0.717, 1.165) is 39.1 Å². The summed E-state index contributed by atoms with van der Waals surface area (Å²) >= 11 is 0. The molecule has 160 valence electrons. The summed E-state index contributed by atoms with van der Waals surface area (Å²) < 4.78 is 4.95. The highest BCUT2D eigenvalue weighted by Gasteiger charge is 2.16. The van der Waals surface area contributed by atoms with Gasteiger partial charge in [0.25, 0.3) is 0 Å². The number of hydrogen-bond acceptors (Lipinski definition) is 5. The van der Waals surface area contributed by atoms with Gasteiger partial charge in [0.05, 0.1) is 12.2 Å². The van der Waals surface area contributed by atoms with Gasteiger partial charge < -0.3 is 20.3 Å². The van der Waals surface area contributed by atoms with Crippen LogP contribution in [0.5, 0.6) is 0 Å². The Morgan fingerprint density at radius 1 is 0.967 bits per heavy atom. The molecule has 1 aliphatic rings. The number of carbonyl (C=O) groups is 2. The third-order valence-corrected chi connectivity index (χ3v) is 5.08. The van der Waals surface area contributed by atoms with Gasteiger partial charge in [-0.3, -0.25) is 4.90 Å². The van der Waals surface area contributed by atoms with Crippen molar-refractivity contribution in [3.63, 3.8) is 0 Å². The Bertz CT molecular complexity index is 803. The van der Waals surface area contributed by atoms with E-state index in [1.165, 1.54) is 5.69 Å². The highest BCUT2D eigenvalue weighted by Crippen LogP contribution is 2.15. The molecule has 7 nitrogen and oxygen atoms in total. The van der Waals surface area contributed by atoms with Crippen LogP contribution < -0.4 is 15.5 Å². The van der Waals surface area contributed by atoms with Crippen LogP contribution >= 0.6 is 0 Å². The summed E-state index contributed by atoms with van der Waals surface area (Å²) in [5, 5.41) is 5.66. The van der Waals surface area contributed by atoms with E-state index in [1.54, 1.807) is 31.2 Å². The van der Waals surface area contributed by atoms with Crippen molar-refractivity contribution >= 4 is 23.4 Å². The molecule has 0 radical (unpaired) electrons. The largest absolute Gasteiger partial charge is 0.462 e. The molecule has 1 fully saturated rings. The number of benzene rings is 2. The van der Waals surface area contributed by atoms with Crippen LogP contribution in [0.2, 0.25) is 0 Å². The van der Waals surface area contributed by atoms with Gasteiger partial charge in [0.1, 0.15) is 0 Å². The molecule has 0 spiro atoms. The number of anilines is 2. The molecule has 2 amide bonds. The Hall–Kier alpha value is -3.06. The Kier molecular flexibility index (Phi) is 8.09. The van der Waals surface area contributed by atoms with Gasteiger partial charge >= 0.3 is 12.0 Å². The number of ether oxygens (including phenoxy) is 1. The topological polar surface area (TPSA) is 73.9 Å². The van der Waals surface area contributed by atoms with Gasteiger partial charge in [0.15, 0.2) is 0 Å². The lowest BCUT2D eigenvalue weighted by Gasteiger charge is -2.36. The van der Waals surface area contributed by atoms with Gasteiger partial charge in [0, 0.05) is 44.1 Å². The normalized spacial score (nSPS) is 14.2. The molecule has 30 heavy (non-hydrogen) atoms. The van der Waals surface area contributed by atoms with Crippen molar-refractivity contribution in [2.75, 3.05) is 56.1 Å². The van der Waals surface area contributed by atoms with Gasteiger partial charge in [-0.1, -0.05) is 18.2 Å². The van der Waals surface area contributed by atoms with Crippen LogP contribution in [-0.4, -0.2) is 62.8 Å². The molecule has 3 rings (SSSR count). The molecule has 2 aromatic rings. The number of nitrogens with zero attached hydrogens (tertiary/aromatic N) is 2. The minimum Gasteiger partial charge on any atom is -0.462 e. The minimum atomic E-state index is -0.363. The SMILES string of the molecule is CCOC(=O)c1ccc(NC(=O)NCCCN2CCN(c3ccccc3)CC2)cc1. The Balaban J connectivity index is 1.30. The van der Waals surface area contributed by atoms with Gasteiger partial charge in [0.2, 0.25) is 0 Å². The maximum absolute atomic E-state index is 12.1. The van der Waals surface area contributed by atoms with Crippen LogP contribution in [0.1, 0.15) is 23.7 Å². The fourth-order valence-corrected chi connectivity index (χ4v) is 3.45. The van der Waals surface area contributed by atoms with Crippen molar-refractivity contribution in [3.05, 3.63) is 60.2 Å². The number of piperazine rings is 1. The molecule has 1 saturated heterocycles. The van der Waals surface area contributed by atoms with Crippen molar-refractivity contribution in [2.24, 2.45) is 0 Å². The predicted molar refractivity (Wildman–Crippen MR) is 119 cm³/mol. The first kappa shape index (κ1) is 21.6. The highest BCUT2D eigenvalue weighted by atomic mass is 16.5. The third-order valence-electron chi connectivity index (χ3n) is 5.08. The summed E-state index contributed by atoms with van der Waals surface area (Å²) in [6, 6.07) is 16.9. The van der Waals surface area contributed by atoms with Gasteiger partial charge in [-0.25, -0.2) is 9.59 Å². The number of hydrogen-bond donors (Lipinski definition) is 2. The van der Waals surface area contributed by atoms with E-state index in [1.807, 2.05) is 6.07 Å². The predicted octanol–water partition coefficient (Wildman–Crippen LogP) is 3.20. The Labute approximate surface area is 178 Å².